The Labute approximate surface area is 76.9 Å². The molecule has 0 aliphatic carbocycles. The first kappa shape index (κ1) is 9.73. The van der Waals surface area contributed by atoms with Gasteiger partial charge in [0.15, 0.2) is 0 Å². The van der Waals surface area contributed by atoms with Gasteiger partial charge in [0.2, 0.25) is 5.91 Å². The number of hydrogen-bond donors (Lipinski definition) is 2. The fraction of sp³-hybridized carbons (Fsp3) is 0.500. The first-order valence-electron chi connectivity index (χ1n) is 4.11. The number of nitrogens with two attached hydrogens (primary N) is 1. The maximum absolute atomic E-state index is 10.8. The van der Waals surface area contributed by atoms with Crippen molar-refractivity contribution < 1.29 is 4.79 Å². The summed E-state index contributed by atoms with van der Waals surface area (Å²) < 4.78 is 1.70. The molecule has 1 rings (SSSR count). The normalized spacial score (nSPS) is 12.8. The number of carbonyl (C=O) groups excluding carboxylic acids is 1. The number of nitrogens with one attached hydrogen (secondary N) is 1. The van der Waals surface area contributed by atoms with Crippen molar-refractivity contribution in [3.8, 4) is 0 Å². The van der Waals surface area contributed by atoms with E-state index < -0.39 is 0 Å². The average Bonchev–Trinajstić information content (AvgIpc) is 2.52. The largest absolute Gasteiger partial charge is 0.368 e. The summed E-state index contributed by atoms with van der Waals surface area (Å²) in [6.07, 6.45) is 3.42. The average molecular weight is 182 g/mol. The number of carbonyl (C=O) groups is 1. The van der Waals surface area contributed by atoms with Crippen LogP contribution in [0.15, 0.2) is 12.5 Å². The molecule has 1 aromatic heterocycles. The van der Waals surface area contributed by atoms with E-state index >= 15 is 0 Å². The highest BCUT2D eigenvalue weighted by atomic mass is 16.1. The van der Waals surface area contributed by atoms with E-state index in [4.69, 9.17) is 5.73 Å². The minimum absolute atomic E-state index is 0.335. The van der Waals surface area contributed by atoms with Crippen LogP contribution < -0.4 is 11.1 Å². The van der Waals surface area contributed by atoms with Crippen molar-refractivity contribution in [2.75, 3.05) is 7.05 Å². The lowest BCUT2D eigenvalue weighted by molar-refractivity contribution is -0.120. The molecule has 1 unspecified atom stereocenters. The Balaban J connectivity index is 2.73. The van der Waals surface area contributed by atoms with E-state index in [0.717, 1.165) is 5.69 Å². The monoisotopic (exact) mass is 182 g/mol. The summed E-state index contributed by atoms with van der Waals surface area (Å²) in [7, 11) is 1.84. The van der Waals surface area contributed by atoms with Gasteiger partial charge >= 0.3 is 0 Å². The van der Waals surface area contributed by atoms with Crippen LogP contribution in [0.1, 0.15) is 18.7 Å². The van der Waals surface area contributed by atoms with Crippen LogP contribution in [0.3, 0.4) is 0 Å². The molecule has 0 saturated heterocycles. The van der Waals surface area contributed by atoms with Gasteiger partial charge in [0.05, 0.1) is 12.0 Å². The fourth-order valence-corrected chi connectivity index (χ4v) is 1.01. The van der Waals surface area contributed by atoms with Gasteiger partial charge < -0.3 is 15.6 Å². The fourth-order valence-electron chi connectivity index (χ4n) is 1.01. The zero-order chi connectivity index (χ0) is 9.84. The molecule has 0 radical (unpaired) electrons. The highest BCUT2D eigenvalue weighted by molar-refractivity contribution is 5.77. The second kappa shape index (κ2) is 4.04. The van der Waals surface area contributed by atoms with Crippen LogP contribution in [0.25, 0.3) is 0 Å². The minimum Gasteiger partial charge on any atom is -0.368 e. The molecule has 3 N–H and O–H groups in total. The Morgan fingerprint density at radius 3 is 3.08 bits per heavy atom. The third-order valence-electron chi connectivity index (χ3n) is 1.87. The second-order valence-electron chi connectivity index (χ2n) is 2.92. The number of imidazole rings is 1. The molecule has 0 fully saturated rings. The summed E-state index contributed by atoms with van der Waals surface area (Å²) >= 11 is 0. The summed E-state index contributed by atoms with van der Waals surface area (Å²) in [6.45, 7) is 2.44. The van der Waals surface area contributed by atoms with E-state index in [1.165, 1.54) is 0 Å². The number of aromatic nitrogens is 2. The standard InChI is InChI=1S/C8H14N4O/c1-6(8(9)13)12-4-7(3-10-2)11-5-12/h4-6,10H,3H2,1-2H3,(H2,9,13). The van der Waals surface area contributed by atoms with Crippen molar-refractivity contribution in [1.29, 1.82) is 0 Å². The smallest absolute Gasteiger partial charge is 0.240 e. The Bertz CT molecular complexity index is 294. The molecule has 0 aliphatic heterocycles. The zero-order valence-corrected chi connectivity index (χ0v) is 7.82. The lowest BCUT2D eigenvalue weighted by Gasteiger charge is -2.06. The van der Waals surface area contributed by atoms with Crippen molar-refractivity contribution in [2.24, 2.45) is 5.73 Å². The van der Waals surface area contributed by atoms with Crippen LogP contribution in [0.5, 0.6) is 0 Å². The summed E-state index contributed by atoms with van der Waals surface area (Å²) in [5.74, 6) is -0.353. The predicted octanol–water partition coefficient (Wildman–Crippen LogP) is -0.351. The Hall–Kier alpha value is -1.36. The molecular formula is C8H14N4O. The molecular weight excluding hydrogens is 168 g/mol. The lowest BCUT2D eigenvalue weighted by atomic mass is 10.3. The molecule has 72 valence electrons. The Morgan fingerprint density at radius 1 is 1.85 bits per heavy atom. The molecule has 0 saturated carbocycles. The van der Waals surface area contributed by atoms with Crippen LogP contribution in [-0.2, 0) is 11.3 Å². The molecule has 1 atom stereocenters. The number of hydrogen-bond acceptors (Lipinski definition) is 3. The van der Waals surface area contributed by atoms with Crippen molar-refractivity contribution in [2.45, 2.75) is 19.5 Å². The molecule has 0 aliphatic rings. The first-order valence-corrected chi connectivity index (χ1v) is 4.11. The number of rotatable bonds is 4. The third kappa shape index (κ3) is 2.29. The van der Waals surface area contributed by atoms with Crippen LogP contribution in [0.4, 0.5) is 0 Å². The van der Waals surface area contributed by atoms with Gasteiger partial charge in [-0.15, -0.1) is 0 Å². The van der Waals surface area contributed by atoms with Gasteiger partial charge in [0.25, 0.3) is 0 Å². The van der Waals surface area contributed by atoms with Gasteiger partial charge in [-0.1, -0.05) is 0 Å². The van der Waals surface area contributed by atoms with Gasteiger partial charge in [0.1, 0.15) is 6.04 Å². The van der Waals surface area contributed by atoms with Crippen LogP contribution in [-0.4, -0.2) is 22.5 Å². The van der Waals surface area contributed by atoms with Crippen LogP contribution in [0.2, 0.25) is 0 Å². The highest BCUT2D eigenvalue weighted by Gasteiger charge is 2.10. The van der Waals surface area contributed by atoms with Crippen molar-refractivity contribution in [3.63, 3.8) is 0 Å². The Morgan fingerprint density at radius 2 is 2.54 bits per heavy atom. The van der Waals surface area contributed by atoms with E-state index in [-0.39, 0.29) is 11.9 Å². The molecule has 1 heterocycles. The van der Waals surface area contributed by atoms with Gasteiger partial charge in [0, 0.05) is 12.7 Å². The molecule has 5 heteroatoms. The van der Waals surface area contributed by atoms with E-state index in [1.54, 1.807) is 17.8 Å². The SMILES string of the molecule is CNCc1cn(C(C)C(N)=O)cn1. The maximum Gasteiger partial charge on any atom is 0.240 e. The molecule has 0 bridgehead atoms. The van der Waals surface area contributed by atoms with Gasteiger partial charge in [-0.25, -0.2) is 4.98 Å². The topological polar surface area (TPSA) is 72.9 Å². The van der Waals surface area contributed by atoms with Crippen LogP contribution in [0, 0.1) is 0 Å². The Kier molecular flexibility index (Phi) is 3.02. The predicted molar refractivity (Wildman–Crippen MR) is 48.9 cm³/mol. The van der Waals surface area contributed by atoms with E-state index in [1.807, 2.05) is 13.2 Å². The molecule has 13 heavy (non-hydrogen) atoms. The molecule has 1 amide bonds. The summed E-state index contributed by atoms with van der Waals surface area (Å²) in [4.78, 5) is 14.9. The van der Waals surface area contributed by atoms with E-state index in [9.17, 15) is 4.79 Å². The second-order valence-corrected chi connectivity index (χ2v) is 2.92. The number of amides is 1. The number of primary amides is 1. The molecule has 0 aromatic carbocycles. The summed E-state index contributed by atoms with van der Waals surface area (Å²) in [5.41, 5.74) is 6.05. The van der Waals surface area contributed by atoms with Crippen molar-refractivity contribution in [3.05, 3.63) is 18.2 Å². The molecule has 5 nitrogen and oxygen atoms in total. The quantitative estimate of drug-likeness (QED) is 0.668. The zero-order valence-electron chi connectivity index (χ0n) is 7.82. The molecule has 0 spiro atoms. The molecule has 1 aromatic rings. The van der Waals surface area contributed by atoms with Crippen molar-refractivity contribution >= 4 is 5.91 Å². The van der Waals surface area contributed by atoms with Crippen LogP contribution >= 0.6 is 0 Å². The van der Waals surface area contributed by atoms with Gasteiger partial charge in [-0.3, -0.25) is 4.79 Å². The van der Waals surface area contributed by atoms with E-state index in [2.05, 4.69) is 10.3 Å². The van der Waals surface area contributed by atoms with E-state index in [0.29, 0.717) is 6.54 Å². The third-order valence-corrected chi connectivity index (χ3v) is 1.87. The maximum atomic E-state index is 10.8. The van der Waals surface area contributed by atoms with Crippen molar-refractivity contribution in [1.82, 2.24) is 14.9 Å². The highest BCUT2D eigenvalue weighted by Crippen LogP contribution is 2.05. The van der Waals surface area contributed by atoms with Gasteiger partial charge in [-0.2, -0.15) is 0 Å². The first-order chi connectivity index (χ1) is 6.15. The number of nitrogens with zero attached hydrogens (tertiary/aromatic N) is 2. The lowest BCUT2D eigenvalue weighted by Crippen LogP contribution is -2.23. The summed E-state index contributed by atoms with van der Waals surface area (Å²) in [5, 5.41) is 2.97. The summed E-state index contributed by atoms with van der Waals surface area (Å²) in [6, 6.07) is -0.335. The van der Waals surface area contributed by atoms with Gasteiger partial charge in [-0.05, 0) is 14.0 Å². The minimum atomic E-state index is -0.353.